The van der Waals surface area contributed by atoms with Crippen LogP contribution < -0.4 is 0 Å². The Morgan fingerprint density at radius 2 is 1.22 bits per heavy atom. The normalized spacial score (nSPS) is 17.8. The second-order valence-electron chi connectivity index (χ2n) is 6.58. The molecule has 0 aromatic heterocycles. The van der Waals surface area contributed by atoms with E-state index < -0.39 is 0 Å². The van der Waals surface area contributed by atoms with E-state index in [1.54, 1.807) is 0 Å². The van der Waals surface area contributed by atoms with Crippen LogP contribution in [0, 0.1) is 0 Å². The van der Waals surface area contributed by atoms with E-state index in [0.29, 0.717) is 0 Å². The van der Waals surface area contributed by atoms with Crippen molar-refractivity contribution in [3.63, 3.8) is 0 Å². The molecular formula is C21H27NO. The zero-order chi connectivity index (χ0) is 15.9. The van der Waals surface area contributed by atoms with E-state index in [0.717, 1.165) is 19.6 Å². The van der Waals surface area contributed by atoms with Crippen LogP contribution in [0.5, 0.6) is 0 Å². The predicted octanol–water partition coefficient (Wildman–Crippen LogP) is 4.06. The molecule has 0 saturated carbocycles. The molecule has 2 aromatic rings. The third-order valence-corrected chi connectivity index (χ3v) is 4.85. The van der Waals surface area contributed by atoms with Crippen LogP contribution in [0.15, 0.2) is 60.7 Å². The molecule has 0 bridgehead atoms. The number of aliphatic hydroxyl groups is 1. The fraction of sp³-hybridized carbons (Fsp3) is 0.429. The molecule has 23 heavy (non-hydrogen) atoms. The summed E-state index contributed by atoms with van der Waals surface area (Å²) in [6.07, 6.45) is 4.79. The Hall–Kier alpha value is -1.64. The van der Waals surface area contributed by atoms with E-state index >= 15 is 0 Å². The molecule has 122 valence electrons. The first-order chi connectivity index (χ1) is 11.3. The highest BCUT2D eigenvalue weighted by atomic mass is 16.3. The molecule has 1 N–H and O–H groups in total. The van der Waals surface area contributed by atoms with Crippen LogP contribution in [-0.2, 0) is 0 Å². The number of likely N-dealkylation sites (tertiary alicyclic amines) is 1. The molecule has 0 spiro atoms. The largest absolute Gasteiger partial charge is 0.391 e. The smallest absolute Gasteiger partial charge is 0.0776 e. The topological polar surface area (TPSA) is 23.5 Å². The molecule has 1 aliphatic heterocycles. The Bertz CT molecular complexity index is 521. The number of hydrogen-bond acceptors (Lipinski definition) is 2. The molecule has 1 aliphatic rings. The van der Waals surface area contributed by atoms with E-state index in [1.807, 2.05) is 12.1 Å². The van der Waals surface area contributed by atoms with E-state index in [1.165, 1.54) is 36.8 Å². The van der Waals surface area contributed by atoms with Gasteiger partial charge in [0.2, 0.25) is 0 Å². The highest BCUT2D eigenvalue weighted by molar-refractivity contribution is 5.33. The zero-order valence-electron chi connectivity index (χ0n) is 13.8. The Morgan fingerprint density at radius 1 is 0.739 bits per heavy atom. The highest BCUT2D eigenvalue weighted by Crippen LogP contribution is 2.29. The minimum atomic E-state index is -0.377. The van der Waals surface area contributed by atoms with Gasteiger partial charge in [0, 0.05) is 12.5 Å². The second kappa shape index (κ2) is 8.28. The lowest BCUT2D eigenvalue weighted by Gasteiger charge is -2.29. The first kappa shape index (κ1) is 16.2. The molecule has 3 rings (SSSR count). The van der Waals surface area contributed by atoms with Crippen LogP contribution >= 0.6 is 0 Å². The first-order valence-electron chi connectivity index (χ1n) is 8.85. The van der Waals surface area contributed by atoms with Crippen LogP contribution in [0.4, 0.5) is 0 Å². The van der Waals surface area contributed by atoms with E-state index in [9.17, 15) is 5.11 Å². The van der Waals surface area contributed by atoms with Crippen LogP contribution in [0.25, 0.3) is 0 Å². The standard InChI is InChI=1S/C21H27NO/c23-20(17-22-15-9-1-2-10-16-22)21(18-11-5-3-6-12-18)19-13-7-4-8-14-19/h3-8,11-14,20-21,23H,1-2,9-10,15-17H2. The van der Waals surface area contributed by atoms with Crippen molar-refractivity contribution in [2.24, 2.45) is 0 Å². The number of hydrogen-bond donors (Lipinski definition) is 1. The first-order valence-corrected chi connectivity index (χ1v) is 8.85. The lowest BCUT2D eigenvalue weighted by atomic mass is 9.86. The van der Waals surface area contributed by atoms with Gasteiger partial charge in [-0.05, 0) is 37.1 Å². The van der Waals surface area contributed by atoms with Crippen molar-refractivity contribution >= 4 is 0 Å². The quantitative estimate of drug-likeness (QED) is 0.900. The Morgan fingerprint density at radius 3 is 1.70 bits per heavy atom. The Labute approximate surface area is 139 Å². The van der Waals surface area contributed by atoms with Gasteiger partial charge in [-0.3, -0.25) is 0 Å². The van der Waals surface area contributed by atoms with Gasteiger partial charge in [-0.2, -0.15) is 0 Å². The summed E-state index contributed by atoms with van der Waals surface area (Å²) in [6, 6.07) is 20.8. The van der Waals surface area contributed by atoms with Gasteiger partial charge >= 0.3 is 0 Å². The summed E-state index contributed by atoms with van der Waals surface area (Å²) in [4.78, 5) is 2.44. The van der Waals surface area contributed by atoms with Crippen molar-refractivity contribution in [3.05, 3.63) is 71.8 Å². The molecule has 1 fully saturated rings. The van der Waals surface area contributed by atoms with Crippen molar-refractivity contribution in [2.75, 3.05) is 19.6 Å². The lowest BCUT2D eigenvalue weighted by molar-refractivity contribution is 0.101. The number of aliphatic hydroxyl groups excluding tert-OH is 1. The zero-order valence-corrected chi connectivity index (χ0v) is 13.8. The maximum absolute atomic E-state index is 11.0. The van der Waals surface area contributed by atoms with Crippen molar-refractivity contribution < 1.29 is 5.11 Å². The Kier molecular flexibility index (Phi) is 5.84. The van der Waals surface area contributed by atoms with Crippen LogP contribution in [-0.4, -0.2) is 35.7 Å². The molecule has 2 aromatic carbocycles. The van der Waals surface area contributed by atoms with Gasteiger partial charge < -0.3 is 10.0 Å². The minimum Gasteiger partial charge on any atom is -0.391 e. The molecule has 1 unspecified atom stereocenters. The summed E-state index contributed by atoms with van der Waals surface area (Å²) in [6.45, 7) is 3.00. The number of β-amino-alcohol motifs (C(OH)–C–C–N with tert-alkyl or cyclic N) is 1. The van der Waals surface area contributed by atoms with Gasteiger partial charge in [0.05, 0.1) is 6.10 Å². The maximum Gasteiger partial charge on any atom is 0.0776 e. The van der Waals surface area contributed by atoms with Crippen LogP contribution in [0.2, 0.25) is 0 Å². The monoisotopic (exact) mass is 309 g/mol. The van der Waals surface area contributed by atoms with Gasteiger partial charge in [0.15, 0.2) is 0 Å². The third-order valence-electron chi connectivity index (χ3n) is 4.85. The van der Waals surface area contributed by atoms with E-state index in [2.05, 4.69) is 53.4 Å². The van der Waals surface area contributed by atoms with Crippen LogP contribution in [0.3, 0.4) is 0 Å². The number of nitrogens with zero attached hydrogens (tertiary/aromatic N) is 1. The fourth-order valence-electron chi connectivity index (χ4n) is 3.65. The molecule has 1 atom stereocenters. The van der Waals surface area contributed by atoms with Crippen molar-refractivity contribution in [1.29, 1.82) is 0 Å². The van der Waals surface area contributed by atoms with Crippen LogP contribution in [0.1, 0.15) is 42.7 Å². The summed E-state index contributed by atoms with van der Waals surface area (Å²) < 4.78 is 0. The minimum absolute atomic E-state index is 0.0423. The molecule has 0 aliphatic carbocycles. The number of benzene rings is 2. The van der Waals surface area contributed by atoms with E-state index in [-0.39, 0.29) is 12.0 Å². The van der Waals surface area contributed by atoms with Gasteiger partial charge in [-0.15, -0.1) is 0 Å². The average molecular weight is 309 g/mol. The van der Waals surface area contributed by atoms with Gasteiger partial charge in [-0.1, -0.05) is 73.5 Å². The van der Waals surface area contributed by atoms with Crippen molar-refractivity contribution in [2.45, 2.75) is 37.7 Å². The molecule has 1 heterocycles. The third kappa shape index (κ3) is 4.43. The SMILES string of the molecule is OC(CN1CCCCCC1)C(c1ccccc1)c1ccccc1. The molecule has 2 nitrogen and oxygen atoms in total. The summed E-state index contributed by atoms with van der Waals surface area (Å²) in [5.41, 5.74) is 2.39. The van der Waals surface area contributed by atoms with Gasteiger partial charge in [0.1, 0.15) is 0 Å². The molecule has 0 radical (unpaired) electrons. The van der Waals surface area contributed by atoms with Gasteiger partial charge in [0.25, 0.3) is 0 Å². The highest BCUT2D eigenvalue weighted by Gasteiger charge is 2.25. The summed E-state index contributed by atoms with van der Waals surface area (Å²) in [5, 5.41) is 11.0. The Balaban J connectivity index is 1.80. The number of rotatable bonds is 5. The lowest BCUT2D eigenvalue weighted by Crippen LogP contribution is -2.36. The second-order valence-corrected chi connectivity index (χ2v) is 6.58. The van der Waals surface area contributed by atoms with Crippen molar-refractivity contribution in [1.82, 2.24) is 4.90 Å². The molecule has 2 heteroatoms. The maximum atomic E-state index is 11.0. The molecule has 0 amide bonds. The van der Waals surface area contributed by atoms with Gasteiger partial charge in [-0.25, -0.2) is 0 Å². The van der Waals surface area contributed by atoms with Crippen molar-refractivity contribution in [3.8, 4) is 0 Å². The summed E-state index contributed by atoms with van der Waals surface area (Å²) >= 11 is 0. The molecular weight excluding hydrogens is 282 g/mol. The predicted molar refractivity (Wildman–Crippen MR) is 95.6 cm³/mol. The van der Waals surface area contributed by atoms with E-state index in [4.69, 9.17) is 0 Å². The fourth-order valence-corrected chi connectivity index (χ4v) is 3.65. The summed E-state index contributed by atoms with van der Waals surface area (Å²) in [5.74, 6) is 0.0423. The summed E-state index contributed by atoms with van der Waals surface area (Å²) in [7, 11) is 0. The average Bonchev–Trinajstić information content (AvgIpc) is 2.86. The molecule has 1 saturated heterocycles.